The average molecular weight is 648 g/mol. The molecule has 1 amide bonds. The summed E-state index contributed by atoms with van der Waals surface area (Å²) in [6.07, 6.45) is 9.60. The quantitative estimate of drug-likeness (QED) is 0.0762. The second-order valence-corrected chi connectivity index (χ2v) is 10.3. The molecule has 0 spiro atoms. The Morgan fingerprint density at radius 1 is 1.34 bits per heavy atom. The molecule has 0 aliphatic heterocycles. The number of amides is 1. The molecule has 0 unspecified atom stereocenters. The number of ether oxygens (including phenoxy) is 2. The van der Waals surface area contributed by atoms with Gasteiger partial charge < -0.3 is 54.0 Å². The van der Waals surface area contributed by atoms with Gasteiger partial charge in [-0.1, -0.05) is 32.6 Å². The number of aliphatic imine (C=N–C) groups is 1. The Labute approximate surface area is 291 Å². The molecule has 0 radical (unpaired) electrons. The van der Waals surface area contributed by atoms with E-state index in [4.69, 9.17) is 26.6 Å². The number of nitrogens with one attached hydrogen (secondary N) is 1. The van der Waals surface area contributed by atoms with E-state index >= 15 is 0 Å². The number of nitrogens with zero attached hydrogens (tertiary/aromatic N) is 6. The molecule has 3 aromatic rings. The number of aliphatic hydroxyl groups is 1. The number of fused-ring (bicyclic) bond motifs is 1. The first-order valence-corrected chi connectivity index (χ1v) is 13.3. The Balaban J connectivity index is 0.000000993. The topological polar surface area (TPSA) is 144 Å². The van der Waals surface area contributed by atoms with Gasteiger partial charge in [0.1, 0.15) is 23.5 Å². The van der Waals surface area contributed by atoms with Crippen LogP contribution in [0.3, 0.4) is 0 Å². The van der Waals surface area contributed by atoms with Gasteiger partial charge in [0.2, 0.25) is 0 Å². The van der Waals surface area contributed by atoms with Gasteiger partial charge in [0.05, 0.1) is 0 Å². The van der Waals surface area contributed by atoms with Crippen LogP contribution >= 0.6 is 15.9 Å². The Hall–Kier alpha value is -2.97. The summed E-state index contributed by atoms with van der Waals surface area (Å²) in [6.45, 7) is 20.0. The second kappa shape index (κ2) is 20.1. The smallest absolute Gasteiger partial charge is 0.577 e. The molecule has 0 aliphatic rings. The van der Waals surface area contributed by atoms with Crippen LogP contribution in [0.25, 0.3) is 16.4 Å². The minimum atomic E-state index is -0.542. The molecule has 14 heteroatoms. The predicted octanol–water partition coefficient (Wildman–Crippen LogP) is -0.303. The van der Waals surface area contributed by atoms with Crippen molar-refractivity contribution in [2.75, 3.05) is 18.5 Å². The van der Waals surface area contributed by atoms with Crippen LogP contribution in [0.1, 0.15) is 26.3 Å². The molecule has 0 bridgehead atoms. The number of aryl methyl sites for hydroxylation is 1. The number of benzene rings is 1. The van der Waals surface area contributed by atoms with Crippen LogP contribution in [0.4, 0.5) is 16.3 Å². The maximum atomic E-state index is 11.5. The zero-order valence-electron chi connectivity index (χ0n) is 25.8. The van der Waals surface area contributed by atoms with Crippen molar-refractivity contribution in [3.8, 4) is 5.75 Å². The van der Waals surface area contributed by atoms with Crippen molar-refractivity contribution >= 4 is 57.1 Å². The summed E-state index contributed by atoms with van der Waals surface area (Å²) in [5.41, 5.74) is 2.44. The van der Waals surface area contributed by atoms with Gasteiger partial charge in [-0.2, -0.15) is 6.08 Å². The van der Waals surface area contributed by atoms with Crippen molar-refractivity contribution in [3.05, 3.63) is 90.6 Å². The summed E-state index contributed by atoms with van der Waals surface area (Å²) in [7, 11) is 0. The average Bonchev–Trinajstić information content (AvgIpc) is 2.93. The van der Waals surface area contributed by atoms with Gasteiger partial charge in [0.15, 0.2) is 0 Å². The Morgan fingerprint density at radius 3 is 2.61 bits per heavy atom. The number of pyridine rings is 1. The standard InChI is InChI=1S/C20H13BrN6O.C10H19NO3.2Li/c1-3-16(6-7-23-11-22)28-18-5-4-15(8-13(18)2)27-20-19-17(25-12-26-20)9-14(21)10-24-19;1-6-11(8(2)7-12)9(13)14-10(3,4)5;;/h1,3-6,8-9,11-12H,2H3,(H,25,26,27);8,12H,1-2,6-7H2,3-5H3;;/q-4;-2;2*+1/b16-6+;;;/t;8-;;/m.1../s1. The molecular formula is C30H32BrLi2N7O4-4. The maximum Gasteiger partial charge on any atom is 1.00 e. The van der Waals surface area contributed by atoms with Crippen molar-refractivity contribution < 1.29 is 57.1 Å². The second-order valence-electron chi connectivity index (χ2n) is 9.48. The zero-order chi connectivity index (χ0) is 31.3. The van der Waals surface area contributed by atoms with Crippen LogP contribution in [-0.4, -0.2) is 68.4 Å². The number of carbonyl (C=O) groups excluding carboxylic acids is 1. The molecule has 0 fully saturated rings. The molecule has 1 atom stereocenters. The van der Waals surface area contributed by atoms with E-state index in [1.807, 2.05) is 25.1 Å². The molecule has 44 heavy (non-hydrogen) atoms. The third-order valence-corrected chi connectivity index (χ3v) is 5.48. The predicted molar refractivity (Wildman–Crippen MR) is 167 cm³/mol. The molecule has 11 nitrogen and oxygen atoms in total. The third kappa shape index (κ3) is 13.4. The molecule has 0 saturated heterocycles. The molecule has 0 saturated carbocycles. The van der Waals surface area contributed by atoms with E-state index in [0.717, 1.165) is 15.7 Å². The molecular weight excluding hydrogens is 616 g/mol. The molecule has 2 heterocycles. The normalized spacial score (nSPS) is 11.7. The number of halogens is 1. The van der Waals surface area contributed by atoms with Gasteiger partial charge in [0.25, 0.3) is 0 Å². The van der Waals surface area contributed by atoms with E-state index in [1.165, 1.54) is 23.4 Å². The number of anilines is 2. The first-order chi connectivity index (χ1) is 19.9. The fourth-order valence-corrected chi connectivity index (χ4v) is 3.46. The SMILES string of the molecule is [CH-]=C/C(=C\[C-]=NC=[N-])Oc1ccc(Nc2ncnc3cc(Br)[c-]nc23)cc1C.[CH2-]CN(C(=O)OC(C)(C)C)[C@H]([CH2-])CO.[Li+].[Li+]. The summed E-state index contributed by atoms with van der Waals surface area (Å²) < 4.78 is 11.5. The first kappa shape index (κ1) is 41.0. The number of aliphatic hydroxyl groups excluding tert-OH is 1. The molecule has 1 aromatic carbocycles. The van der Waals surface area contributed by atoms with Crippen LogP contribution in [0.5, 0.6) is 5.75 Å². The largest absolute Gasteiger partial charge is 1.00 e. The van der Waals surface area contributed by atoms with E-state index < -0.39 is 17.7 Å². The molecule has 3 rings (SSSR count). The van der Waals surface area contributed by atoms with E-state index in [0.29, 0.717) is 34.7 Å². The number of hydrogen-bond donors (Lipinski definition) is 2. The number of allylic oxidation sites excluding steroid dienone is 2. The fourth-order valence-electron chi connectivity index (χ4n) is 3.15. The first-order valence-electron chi connectivity index (χ1n) is 12.6. The summed E-state index contributed by atoms with van der Waals surface area (Å²) in [4.78, 5) is 28.9. The van der Waals surface area contributed by atoms with Crippen LogP contribution < -0.4 is 47.8 Å². The zero-order valence-corrected chi connectivity index (χ0v) is 27.4. The van der Waals surface area contributed by atoms with Crippen molar-refractivity contribution in [2.45, 2.75) is 39.3 Å². The van der Waals surface area contributed by atoms with Crippen molar-refractivity contribution in [3.63, 3.8) is 0 Å². The number of rotatable bonds is 10. The van der Waals surface area contributed by atoms with Gasteiger partial charge in [-0.05, 0) is 57.0 Å². The summed E-state index contributed by atoms with van der Waals surface area (Å²) in [5.74, 6) is 1.52. The summed E-state index contributed by atoms with van der Waals surface area (Å²) >= 11 is 3.33. The molecule has 224 valence electrons. The Bertz CT molecular complexity index is 1450. The fraction of sp³-hybridized carbons (Fsp3) is 0.267. The van der Waals surface area contributed by atoms with Crippen LogP contribution in [0, 0.1) is 33.5 Å². The minimum Gasteiger partial charge on any atom is -0.577 e. The monoisotopic (exact) mass is 647 g/mol. The van der Waals surface area contributed by atoms with Crippen molar-refractivity contribution in [2.24, 2.45) is 4.99 Å². The number of hydrogen-bond acceptors (Lipinski definition) is 8. The number of aromatic nitrogens is 3. The van der Waals surface area contributed by atoms with Crippen LogP contribution in [-0.2, 0) is 4.74 Å². The maximum absolute atomic E-state index is 11.5. The summed E-state index contributed by atoms with van der Waals surface area (Å²) in [6, 6.07) is 6.85. The van der Waals surface area contributed by atoms with E-state index in [-0.39, 0.29) is 50.9 Å². The summed E-state index contributed by atoms with van der Waals surface area (Å²) in [5, 5.41) is 20.6. The van der Waals surface area contributed by atoms with Gasteiger partial charge in [-0.3, -0.25) is 11.6 Å². The molecule has 0 aliphatic carbocycles. The van der Waals surface area contributed by atoms with Gasteiger partial charge in [-0.25, -0.2) is 22.3 Å². The molecule has 2 N–H and O–H groups in total. The van der Waals surface area contributed by atoms with E-state index in [2.05, 4.69) is 67.4 Å². The van der Waals surface area contributed by atoms with Crippen molar-refractivity contribution in [1.82, 2.24) is 19.9 Å². The van der Waals surface area contributed by atoms with Crippen LogP contribution in [0.2, 0.25) is 0 Å². The van der Waals surface area contributed by atoms with Crippen LogP contribution in [0.15, 0.2) is 58.0 Å². The van der Waals surface area contributed by atoms with Gasteiger partial charge >= 0.3 is 43.8 Å². The van der Waals surface area contributed by atoms with Crippen molar-refractivity contribution in [1.29, 1.82) is 0 Å². The molecule has 2 aromatic heterocycles. The minimum absolute atomic E-state index is 0. The number of carbonyl (C=O) groups is 1. The van der Waals surface area contributed by atoms with Gasteiger partial charge in [0, 0.05) is 23.6 Å². The van der Waals surface area contributed by atoms with Gasteiger partial charge in [-0.15, -0.1) is 18.7 Å². The third-order valence-electron chi connectivity index (χ3n) is 5.08. The van der Waals surface area contributed by atoms with E-state index in [1.54, 1.807) is 26.8 Å². The van der Waals surface area contributed by atoms with E-state index in [9.17, 15) is 4.79 Å². The Kier molecular flexibility index (Phi) is 18.8. The Morgan fingerprint density at radius 2 is 2.05 bits per heavy atom.